The van der Waals surface area contributed by atoms with Crippen molar-refractivity contribution in [2.45, 2.75) is 18.0 Å². The number of benzene rings is 2. The molecule has 148 valence electrons. The number of hydrogen-bond acceptors (Lipinski definition) is 6. The van der Waals surface area contributed by atoms with Crippen molar-refractivity contribution >= 4 is 5.78 Å². The van der Waals surface area contributed by atoms with Crippen LogP contribution >= 0.6 is 0 Å². The maximum absolute atomic E-state index is 13.1. The fraction of sp³-hybridized carbons (Fsp3) is 0.409. The molecular weight excluding hydrogens is 354 g/mol. The van der Waals surface area contributed by atoms with Crippen LogP contribution in [0.25, 0.3) is 0 Å². The number of Topliss-reactive ketones (excluding diaryl/α,β-unsaturated/α-hetero) is 1. The molecule has 2 heterocycles. The lowest BCUT2D eigenvalue weighted by molar-refractivity contribution is -0.133. The van der Waals surface area contributed by atoms with E-state index < -0.39 is 5.54 Å². The van der Waals surface area contributed by atoms with Crippen LogP contribution in [0.5, 0.6) is 11.5 Å². The van der Waals surface area contributed by atoms with Crippen LogP contribution in [-0.4, -0.2) is 56.6 Å². The second kappa shape index (κ2) is 7.54. The largest absolute Gasteiger partial charge is 0.493 e. The Labute approximate surface area is 165 Å². The van der Waals surface area contributed by atoms with Gasteiger partial charge in [-0.3, -0.25) is 9.69 Å². The van der Waals surface area contributed by atoms with E-state index in [1.165, 1.54) is 0 Å². The number of nitrogens with zero attached hydrogens (tertiary/aromatic N) is 1. The summed E-state index contributed by atoms with van der Waals surface area (Å²) in [4.78, 5) is 15.5. The Balaban J connectivity index is 1.96. The molecule has 0 radical (unpaired) electrons. The van der Waals surface area contributed by atoms with Crippen molar-refractivity contribution in [1.29, 1.82) is 0 Å². The topological polar surface area (TPSA) is 76.8 Å². The molecular formula is C22H27N3O3. The predicted octanol–water partition coefficient (Wildman–Crippen LogP) is 1.52. The zero-order valence-corrected chi connectivity index (χ0v) is 16.4. The number of ketones is 1. The first-order valence-corrected chi connectivity index (χ1v) is 9.65. The second-order valence-electron chi connectivity index (χ2n) is 7.43. The highest BCUT2D eigenvalue weighted by Gasteiger charge is 2.51. The smallest absolute Gasteiger partial charge is 0.168 e. The van der Waals surface area contributed by atoms with Crippen LogP contribution in [0.1, 0.15) is 22.7 Å². The van der Waals surface area contributed by atoms with Gasteiger partial charge in [0.1, 0.15) is 0 Å². The summed E-state index contributed by atoms with van der Waals surface area (Å²) in [5.41, 5.74) is 8.63. The molecule has 2 unspecified atom stereocenters. The maximum atomic E-state index is 13.1. The first-order valence-electron chi connectivity index (χ1n) is 9.65. The van der Waals surface area contributed by atoms with E-state index in [9.17, 15) is 4.79 Å². The summed E-state index contributed by atoms with van der Waals surface area (Å²) in [6.45, 7) is 2.24. The molecule has 0 aliphatic carbocycles. The molecule has 0 spiro atoms. The molecule has 2 aromatic carbocycles. The lowest BCUT2D eigenvalue weighted by Gasteiger charge is -2.53. The van der Waals surface area contributed by atoms with Gasteiger partial charge in [-0.05, 0) is 35.2 Å². The molecule has 0 bridgehead atoms. The van der Waals surface area contributed by atoms with Crippen molar-refractivity contribution in [3.8, 4) is 11.5 Å². The summed E-state index contributed by atoms with van der Waals surface area (Å²) < 4.78 is 11.1. The zero-order chi connectivity index (χ0) is 19.7. The average Bonchev–Trinajstić information content (AvgIpc) is 2.76. The van der Waals surface area contributed by atoms with E-state index in [-0.39, 0.29) is 18.4 Å². The Kier molecular flexibility index (Phi) is 5.10. The zero-order valence-electron chi connectivity index (χ0n) is 16.4. The third-order valence-corrected chi connectivity index (χ3v) is 6.05. The molecule has 0 aromatic heterocycles. The Hall–Kier alpha value is -2.41. The van der Waals surface area contributed by atoms with Gasteiger partial charge in [0.05, 0.1) is 32.3 Å². The van der Waals surface area contributed by atoms with E-state index in [1.807, 2.05) is 24.3 Å². The quantitative estimate of drug-likeness (QED) is 0.818. The monoisotopic (exact) mass is 381 g/mol. The number of carbonyl (C=O) groups excluding carboxylic acids is 1. The number of carbonyl (C=O) groups is 1. The van der Waals surface area contributed by atoms with Crippen LogP contribution in [0.4, 0.5) is 0 Å². The summed E-state index contributed by atoms with van der Waals surface area (Å²) in [6, 6.07) is 14.4. The van der Waals surface area contributed by atoms with Crippen molar-refractivity contribution in [2.75, 3.05) is 40.4 Å². The summed E-state index contributed by atoms with van der Waals surface area (Å²) in [6.07, 6.45) is 0.606. The van der Waals surface area contributed by atoms with E-state index in [4.69, 9.17) is 15.2 Å². The van der Waals surface area contributed by atoms with E-state index in [1.54, 1.807) is 14.2 Å². The van der Waals surface area contributed by atoms with Gasteiger partial charge in [0.25, 0.3) is 0 Å². The molecule has 6 heteroatoms. The maximum Gasteiger partial charge on any atom is 0.168 e. The average molecular weight is 381 g/mol. The molecule has 0 amide bonds. The lowest BCUT2D eigenvalue weighted by Crippen LogP contribution is -2.69. The van der Waals surface area contributed by atoms with E-state index in [0.717, 1.165) is 29.8 Å². The van der Waals surface area contributed by atoms with Crippen LogP contribution in [0.3, 0.4) is 0 Å². The molecule has 0 saturated carbocycles. The number of rotatable bonds is 5. The first-order chi connectivity index (χ1) is 13.6. The highest BCUT2D eigenvalue weighted by atomic mass is 16.5. The SMILES string of the molecule is COc1cc2c(cc1OC)C(c1ccccc1)N1CCNCC1(C(=O)CN)C2. The minimum atomic E-state index is -0.653. The standard InChI is InChI=1S/C22H27N3O3/c1-27-18-10-16-12-22(20(26)13-23)14-24-8-9-25(22)21(15-6-4-3-5-7-15)17(16)11-19(18)28-2/h3-7,10-11,21,24H,8-9,12-14,23H2,1-2H3. The Bertz CT molecular complexity index is 871. The molecule has 2 aliphatic heterocycles. The van der Waals surface area contributed by atoms with Crippen molar-refractivity contribution in [3.05, 3.63) is 59.2 Å². The van der Waals surface area contributed by atoms with Crippen molar-refractivity contribution in [3.63, 3.8) is 0 Å². The minimum absolute atomic E-state index is 0.0301. The number of hydrogen-bond donors (Lipinski definition) is 2. The molecule has 3 N–H and O–H groups in total. The lowest BCUT2D eigenvalue weighted by atomic mass is 9.73. The fourth-order valence-corrected chi connectivity index (χ4v) is 4.72. The molecule has 28 heavy (non-hydrogen) atoms. The highest BCUT2D eigenvalue weighted by molar-refractivity contribution is 5.91. The first kappa shape index (κ1) is 18.9. The van der Waals surface area contributed by atoms with Gasteiger partial charge in [0, 0.05) is 19.6 Å². The van der Waals surface area contributed by atoms with Gasteiger partial charge in [-0.25, -0.2) is 0 Å². The van der Waals surface area contributed by atoms with Crippen molar-refractivity contribution in [2.24, 2.45) is 5.73 Å². The summed E-state index contributed by atoms with van der Waals surface area (Å²) in [5, 5.41) is 3.42. The number of ether oxygens (including phenoxy) is 2. The van der Waals surface area contributed by atoms with Gasteiger partial charge in [0.15, 0.2) is 17.3 Å². The summed E-state index contributed by atoms with van der Waals surface area (Å²) in [7, 11) is 3.29. The van der Waals surface area contributed by atoms with Crippen LogP contribution in [0.2, 0.25) is 0 Å². The predicted molar refractivity (Wildman–Crippen MR) is 108 cm³/mol. The van der Waals surface area contributed by atoms with Crippen LogP contribution < -0.4 is 20.5 Å². The Morgan fingerprint density at radius 1 is 1.21 bits per heavy atom. The minimum Gasteiger partial charge on any atom is -0.493 e. The number of methoxy groups -OCH3 is 2. The third-order valence-electron chi connectivity index (χ3n) is 6.05. The van der Waals surface area contributed by atoms with Crippen molar-refractivity contribution in [1.82, 2.24) is 10.2 Å². The molecule has 1 fully saturated rings. The molecule has 6 nitrogen and oxygen atoms in total. The van der Waals surface area contributed by atoms with Gasteiger partial charge in [-0.1, -0.05) is 30.3 Å². The van der Waals surface area contributed by atoms with Gasteiger partial charge >= 0.3 is 0 Å². The Morgan fingerprint density at radius 2 is 1.93 bits per heavy atom. The normalized spacial score (nSPS) is 24.2. The second-order valence-corrected chi connectivity index (χ2v) is 7.43. The van der Waals surface area contributed by atoms with Gasteiger partial charge in [-0.2, -0.15) is 0 Å². The number of nitrogens with one attached hydrogen (secondary N) is 1. The van der Waals surface area contributed by atoms with Crippen molar-refractivity contribution < 1.29 is 14.3 Å². The van der Waals surface area contributed by atoms with Crippen LogP contribution in [0, 0.1) is 0 Å². The number of nitrogens with two attached hydrogens (primary N) is 1. The third kappa shape index (κ3) is 2.89. The Morgan fingerprint density at radius 3 is 2.61 bits per heavy atom. The molecule has 1 saturated heterocycles. The van der Waals surface area contributed by atoms with E-state index in [2.05, 4.69) is 28.4 Å². The van der Waals surface area contributed by atoms with Crippen LogP contribution in [-0.2, 0) is 11.2 Å². The van der Waals surface area contributed by atoms with E-state index in [0.29, 0.717) is 24.5 Å². The summed E-state index contributed by atoms with van der Waals surface area (Å²) in [5.74, 6) is 1.46. The number of fused-ring (bicyclic) bond motifs is 2. The van der Waals surface area contributed by atoms with Gasteiger partial charge in [0.2, 0.25) is 0 Å². The molecule has 2 atom stereocenters. The van der Waals surface area contributed by atoms with Crippen LogP contribution in [0.15, 0.2) is 42.5 Å². The fourth-order valence-electron chi connectivity index (χ4n) is 4.72. The number of piperazine rings is 1. The van der Waals surface area contributed by atoms with Gasteiger partial charge in [-0.15, -0.1) is 0 Å². The molecule has 2 aromatic rings. The highest BCUT2D eigenvalue weighted by Crippen LogP contribution is 2.46. The van der Waals surface area contributed by atoms with Gasteiger partial charge < -0.3 is 20.5 Å². The molecule has 4 rings (SSSR count). The molecule has 2 aliphatic rings. The van der Waals surface area contributed by atoms with E-state index >= 15 is 0 Å². The summed E-state index contributed by atoms with van der Waals surface area (Å²) >= 11 is 0.